The maximum absolute atomic E-state index is 6.17. The van der Waals surface area contributed by atoms with Gasteiger partial charge in [-0.3, -0.25) is 0 Å². The fraction of sp³-hybridized carbons (Fsp3) is 0.231. The van der Waals surface area contributed by atoms with Crippen molar-refractivity contribution in [2.75, 3.05) is 5.73 Å². The highest BCUT2D eigenvalue weighted by Gasteiger charge is 2.15. The molecular formula is C13H12BrCl2N3. The Labute approximate surface area is 130 Å². The van der Waals surface area contributed by atoms with Crippen LogP contribution in [0.1, 0.15) is 19.0 Å². The molecule has 0 fully saturated rings. The number of nitrogens with two attached hydrogens (primary N) is 1. The van der Waals surface area contributed by atoms with E-state index in [9.17, 15) is 0 Å². The summed E-state index contributed by atoms with van der Waals surface area (Å²) in [6.45, 7) is 2.08. The van der Waals surface area contributed by atoms with Crippen LogP contribution in [0.15, 0.2) is 22.7 Å². The lowest BCUT2D eigenvalue weighted by Gasteiger charge is -2.10. The number of aryl methyl sites for hydroxylation is 1. The van der Waals surface area contributed by atoms with E-state index in [4.69, 9.17) is 28.9 Å². The molecule has 0 spiro atoms. The Hall–Kier alpha value is -0.840. The zero-order valence-corrected chi connectivity index (χ0v) is 13.3. The van der Waals surface area contributed by atoms with Gasteiger partial charge < -0.3 is 5.73 Å². The van der Waals surface area contributed by atoms with Crippen LogP contribution >= 0.6 is 39.1 Å². The third-order valence-electron chi connectivity index (χ3n) is 2.62. The normalized spacial score (nSPS) is 10.7. The van der Waals surface area contributed by atoms with Gasteiger partial charge in [-0.2, -0.15) is 0 Å². The van der Waals surface area contributed by atoms with E-state index in [1.807, 2.05) is 0 Å². The number of hydrogen-bond donors (Lipinski definition) is 1. The van der Waals surface area contributed by atoms with Gasteiger partial charge in [0.25, 0.3) is 0 Å². The highest BCUT2D eigenvalue weighted by Crippen LogP contribution is 2.34. The molecule has 2 aromatic rings. The molecule has 2 rings (SSSR count). The topological polar surface area (TPSA) is 51.8 Å². The smallest absolute Gasteiger partial charge is 0.164 e. The lowest BCUT2D eigenvalue weighted by molar-refractivity contribution is 0.870. The first-order chi connectivity index (χ1) is 9.04. The molecule has 0 aliphatic heterocycles. The lowest BCUT2D eigenvalue weighted by atomic mass is 10.2. The molecule has 0 saturated carbocycles. The molecule has 3 nitrogen and oxygen atoms in total. The van der Waals surface area contributed by atoms with E-state index in [1.165, 1.54) is 0 Å². The largest absolute Gasteiger partial charge is 0.383 e. The van der Waals surface area contributed by atoms with Crippen molar-refractivity contribution in [2.45, 2.75) is 19.8 Å². The number of aromatic nitrogens is 2. The fourth-order valence-electron chi connectivity index (χ4n) is 1.74. The van der Waals surface area contributed by atoms with Crippen molar-refractivity contribution in [3.63, 3.8) is 0 Å². The average Bonchev–Trinajstić information content (AvgIpc) is 2.35. The highest BCUT2D eigenvalue weighted by molar-refractivity contribution is 9.10. The number of hydrogen-bond acceptors (Lipinski definition) is 3. The van der Waals surface area contributed by atoms with Gasteiger partial charge in [-0.1, -0.05) is 42.6 Å². The molecule has 1 heterocycles. The second kappa shape index (κ2) is 6.07. The van der Waals surface area contributed by atoms with E-state index in [2.05, 4.69) is 32.8 Å². The van der Waals surface area contributed by atoms with Gasteiger partial charge in [0.15, 0.2) is 5.82 Å². The van der Waals surface area contributed by atoms with Crippen LogP contribution in [0.5, 0.6) is 0 Å². The van der Waals surface area contributed by atoms with Crippen molar-refractivity contribution in [2.24, 2.45) is 0 Å². The van der Waals surface area contributed by atoms with E-state index in [0.29, 0.717) is 27.3 Å². The second-order valence-electron chi connectivity index (χ2n) is 4.04. The number of anilines is 1. The standard InChI is InChI=1S/C13H12BrCl2N3/c1-2-4-9-11(14)12(17)19-13(18-9)10-7(15)5-3-6-8(10)16/h3,5-6H,2,4H2,1H3,(H2,17,18,19). The summed E-state index contributed by atoms with van der Waals surface area (Å²) in [4.78, 5) is 8.77. The van der Waals surface area contributed by atoms with Gasteiger partial charge >= 0.3 is 0 Å². The molecular weight excluding hydrogens is 349 g/mol. The zero-order chi connectivity index (χ0) is 14.0. The molecule has 0 unspecified atom stereocenters. The van der Waals surface area contributed by atoms with Gasteiger partial charge in [0.2, 0.25) is 0 Å². The third kappa shape index (κ3) is 3.02. The monoisotopic (exact) mass is 359 g/mol. The SMILES string of the molecule is CCCc1nc(-c2c(Cl)cccc2Cl)nc(N)c1Br. The maximum Gasteiger partial charge on any atom is 0.164 e. The highest BCUT2D eigenvalue weighted by atomic mass is 79.9. The van der Waals surface area contributed by atoms with Crippen molar-refractivity contribution in [3.8, 4) is 11.4 Å². The Morgan fingerprint density at radius 2 is 1.84 bits per heavy atom. The molecule has 0 aliphatic carbocycles. The summed E-state index contributed by atoms with van der Waals surface area (Å²) in [5, 5.41) is 1.02. The van der Waals surface area contributed by atoms with Crippen molar-refractivity contribution < 1.29 is 0 Å². The second-order valence-corrected chi connectivity index (χ2v) is 5.65. The summed E-state index contributed by atoms with van der Waals surface area (Å²) in [7, 11) is 0. The van der Waals surface area contributed by atoms with Gasteiger partial charge in [0.1, 0.15) is 5.82 Å². The molecule has 0 atom stereocenters. The fourth-order valence-corrected chi connectivity index (χ4v) is 2.68. The minimum Gasteiger partial charge on any atom is -0.383 e. The molecule has 0 bridgehead atoms. The summed E-state index contributed by atoms with van der Waals surface area (Å²) in [6.07, 6.45) is 1.77. The minimum absolute atomic E-state index is 0.393. The van der Waals surface area contributed by atoms with Crippen LogP contribution in [0, 0.1) is 0 Å². The first kappa shape index (κ1) is 14.6. The molecule has 0 amide bonds. The predicted molar refractivity (Wildman–Crippen MR) is 83.6 cm³/mol. The predicted octanol–water partition coefficient (Wildman–Crippen LogP) is 4.75. The van der Waals surface area contributed by atoms with E-state index in [-0.39, 0.29) is 0 Å². The Balaban J connectivity index is 2.63. The van der Waals surface area contributed by atoms with Gasteiger partial charge in [-0.15, -0.1) is 0 Å². The quantitative estimate of drug-likeness (QED) is 0.859. The zero-order valence-electron chi connectivity index (χ0n) is 10.3. The number of benzene rings is 1. The van der Waals surface area contributed by atoms with Gasteiger partial charge in [0, 0.05) is 0 Å². The molecule has 6 heteroatoms. The third-order valence-corrected chi connectivity index (χ3v) is 4.11. The molecule has 1 aromatic heterocycles. The summed E-state index contributed by atoms with van der Waals surface area (Å²) in [5.41, 5.74) is 7.38. The number of halogens is 3. The van der Waals surface area contributed by atoms with Crippen LogP contribution in [-0.4, -0.2) is 9.97 Å². The van der Waals surface area contributed by atoms with Crippen LogP contribution < -0.4 is 5.73 Å². The van der Waals surface area contributed by atoms with Crippen LogP contribution in [0.4, 0.5) is 5.82 Å². The van der Waals surface area contributed by atoms with Crippen molar-refractivity contribution >= 4 is 44.9 Å². The van der Waals surface area contributed by atoms with Crippen LogP contribution in [0.3, 0.4) is 0 Å². The van der Waals surface area contributed by atoms with Crippen molar-refractivity contribution in [1.82, 2.24) is 9.97 Å². The number of nitrogens with zero attached hydrogens (tertiary/aromatic N) is 2. The molecule has 19 heavy (non-hydrogen) atoms. The summed E-state index contributed by atoms with van der Waals surface area (Å²) in [5.74, 6) is 0.851. The van der Waals surface area contributed by atoms with Crippen LogP contribution in [0.2, 0.25) is 10.0 Å². The number of rotatable bonds is 3. The van der Waals surface area contributed by atoms with E-state index in [1.54, 1.807) is 18.2 Å². The molecule has 0 aliphatic rings. The van der Waals surface area contributed by atoms with E-state index in [0.717, 1.165) is 23.0 Å². The maximum atomic E-state index is 6.17. The molecule has 0 radical (unpaired) electrons. The molecule has 2 N–H and O–H groups in total. The lowest BCUT2D eigenvalue weighted by Crippen LogP contribution is -2.03. The van der Waals surface area contributed by atoms with Gasteiger partial charge in [0.05, 0.1) is 25.8 Å². The Kier molecular flexibility index (Phi) is 4.66. The molecule has 0 saturated heterocycles. The molecule has 100 valence electrons. The summed E-state index contributed by atoms with van der Waals surface area (Å²) < 4.78 is 0.737. The van der Waals surface area contributed by atoms with E-state index >= 15 is 0 Å². The van der Waals surface area contributed by atoms with E-state index < -0.39 is 0 Å². The van der Waals surface area contributed by atoms with Gasteiger partial charge in [-0.05, 0) is 34.5 Å². The summed E-state index contributed by atoms with van der Waals surface area (Å²) in [6, 6.07) is 5.29. The first-order valence-electron chi connectivity index (χ1n) is 5.80. The van der Waals surface area contributed by atoms with Crippen LogP contribution in [-0.2, 0) is 6.42 Å². The summed E-state index contributed by atoms with van der Waals surface area (Å²) >= 11 is 15.7. The Bertz CT molecular complexity index is 597. The van der Waals surface area contributed by atoms with Crippen LogP contribution in [0.25, 0.3) is 11.4 Å². The Morgan fingerprint density at radius 1 is 1.21 bits per heavy atom. The number of nitrogen functional groups attached to an aromatic ring is 1. The van der Waals surface area contributed by atoms with Crippen molar-refractivity contribution in [1.29, 1.82) is 0 Å². The minimum atomic E-state index is 0.393. The van der Waals surface area contributed by atoms with Crippen molar-refractivity contribution in [3.05, 3.63) is 38.4 Å². The first-order valence-corrected chi connectivity index (χ1v) is 7.35. The van der Waals surface area contributed by atoms with Gasteiger partial charge in [-0.25, -0.2) is 9.97 Å². The Morgan fingerprint density at radius 3 is 2.42 bits per heavy atom. The molecule has 1 aromatic carbocycles. The average molecular weight is 361 g/mol.